The number of thiophene rings is 2. The number of aromatic nitrogens is 4. The molecule has 0 aliphatic carbocycles. The molecule has 4 aromatic heterocycles. The van der Waals surface area contributed by atoms with Gasteiger partial charge in [-0.1, -0.05) is 259 Å². The molecule has 0 amide bonds. The van der Waals surface area contributed by atoms with E-state index in [1.807, 2.05) is 0 Å². The van der Waals surface area contributed by atoms with Crippen LogP contribution in [0.4, 0.5) is 0 Å². The van der Waals surface area contributed by atoms with Gasteiger partial charge in [-0.2, -0.15) is 8.75 Å². The van der Waals surface area contributed by atoms with Gasteiger partial charge in [-0.15, -0.1) is 22.7 Å². The number of fused-ring (bicyclic) bond motifs is 2. The summed E-state index contributed by atoms with van der Waals surface area (Å²) in [6, 6.07) is 21.4. The van der Waals surface area contributed by atoms with E-state index in [0.717, 1.165) is 135 Å². The van der Waals surface area contributed by atoms with Crippen molar-refractivity contribution in [1.82, 2.24) is 18.7 Å². The van der Waals surface area contributed by atoms with Crippen molar-refractivity contribution in [2.45, 2.75) is 285 Å². The van der Waals surface area contributed by atoms with Crippen molar-refractivity contribution in [1.29, 1.82) is 0 Å². The number of halogens is 2. The van der Waals surface area contributed by atoms with Crippen molar-refractivity contribution in [2.24, 2.45) is 0 Å². The van der Waals surface area contributed by atoms with Crippen LogP contribution < -0.4 is 18.9 Å². The van der Waals surface area contributed by atoms with Crippen molar-refractivity contribution >= 4 is 88.3 Å². The molecule has 0 spiro atoms. The van der Waals surface area contributed by atoms with E-state index in [0.29, 0.717) is 26.4 Å². The zero-order valence-electron chi connectivity index (χ0n) is 55.3. The van der Waals surface area contributed by atoms with Gasteiger partial charge >= 0.3 is 0 Å². The molecule has 0 unspecified atom stereocenters. The summed E-state index contributed by atoms with van der Waals surface area (Å²) in [5.41, 5.74) is 8.39. The monoisotopic (exact) mass is 1400 g/mol. The lowest BCUT2D eigenvalue weighted by Crippen LogP contribution is -2.05. The zero-order valence-corrected chi connectivity index (χ0v) is 60.9. The second-order valence-electron chi connectivity index (χ2n) is 25.0. The highest BCUT2D eigenvalue weighted by Crippen LogP contribution is 2.48. The lowest BCUT2D eigenvalue weighted by Gasteiger charge is -2.19. The first kappa shape index (κ1) is 72.8. The summed E-state index contributed by atoms with van der Waals surface area (Å²) in [5.74, 6) is 3.06. The fraction of sp³-hybridized carbons (Fsp3) is 0.632. The van der Waals surface area contributed by atoms with Gasteiger partial charge in [0.1, 0.15) is 22.1 Å². The number of hydrogen-bond acceptors (Lipinski definition) is 11. The minimum atomic E-state index is 0.622. The van der Waals surface area contributed by atoms with Gasteiger partial charge in [0.15, 0.2) is 23.0 Å². The third-order valence-electron chi connectivity index (χ3n) is 17.4. The third kappa shape index (κ3) is 25.3. The Kier molecular flexibility index (Phi) is 36.0. The lowest BCUT2D eigenvalue weighted by atomic mass is 9.98. The highest BCUT2D eigenvalue weighted by Gasteiger charge is 2.27. The quantitative estimate of drug-likeness (QED) is 0.0349. The van der Waals surface area contributed by atoms with E-state index < -0.39 is 0 Å². The predicted molar refractivity (Wildman–Crippen MR) is 393 cm³/mol. The SMILES string of the molecule is CCCCCCCCCCCCOc1ccc(-c2nc3c(-c4ccc(Br)s4)c4nsnc4c(-c4ccc(Br)s4)c3nc2-c2ccc(OCCCCCCCCCCCC)c(OCCCCCCCCCCCC)c2)cc1OCCCCCCCCCCCC. The van der Waals surface area contributed by atoms with Crippen LogP contribution in [0.5, 0.6) is 23.0 Å². The summed E-state index contributed by atoms with van der Waals surface area (Å²) < 4.78 is 39.3. The van der Waals surface area contributed by atoms with E-state index in [2.05, 4.69) is 120 Å². The Morgan fingerprint density at radius 1 is 0.303 bits per heavy atom. The van der Waals surface area contributed by atoms with E-state index in [1.54, 1.807) is 22.7 Å². The van der Waals surface area contributed by atoms with Crippen molar-refractivity contribution in [2.75, 3.05) is 26.4 Å². The molecule has 0 saturated heterocycles. The fourth-order valence-corrected chi connectivity index (χ4v) is 15.6. The molecule has 0 radical (unpaired) electrons. The average molecular weight is 1400 g/mol. The Morgan fingerprint density at radius 3 is 0.843 bits per heavy atom. The van der Waals surface area contributed by atoms with Gasteiger partial charge in [0.2, 0.25) is 0 Å². The summed E-state index contributed by atoms with van der Waals surface area (Å²) in [6.45, 7) is 11.7. The highest BCUT2D eigenvalue weighted by molar-refractivity contribution is 9.11. The van der Waals surface area contributed by atoms with Crippen LogP contribution >= 0.6 is 66.3 Å². The first-order valence-corrected chi connectivity index (χ1v) is 39.7. The molecule has 0 aliphatic heterocycles. The topological polar surface area (TPSA) is 88.5 Å². The molecular formula is C76H110Br2N4O4S3. The van der Waals surface area contributed by atoms with Crippen LogP contribution in [0.3, 0.4) is 0 Å². The molecule has 13 heteroatoms. The second-order valence-corrected chi connectivity index (χ2v) is 30.4. The van der Waals surface area contributed by atoms with Gasteiger partial charge < -0.3 is 18.9 Å². The van der Waals surface area contributed by atoms with Crippen LogP contribution in [0.2, 0.25) is 0 Å². The third-order valence-corrected chi connectivity index (χ3v) is 21.2. The lowest BCUT2D eigenvalue weighted by molar-refractivity contribution is 0.258. The Labute approximate surface area is 567 Å². The van der Waals surface area contributed by atoms with Crippen molar-refractivity contribution in [3.05, 3.63) is 68.2 Å². The molecular weight excluding hydrogens is 1290 g/mol. The molecule has 0 aliphatic rings. The van der Waals surface area contributed by atoms with Crippen LogP contribution in [0.15, 0.2) is 68.2 Å². The molecule has 490 valence electrons. The Morgan fingerprint density at radius 2 is 0.573 bits per heavy atom. The van der Waals surface area contributed by atoms with Crippen LogP contribution in [0, 0.1) is 0 Å². The maximum atomic E-state index is 6.88. The summed E-state index contributed by atoms with van der Waals surface area (Å²) in [6.07, 6.45) is 51.0. The molecule has 0 fully saturated rings. The Hall–Kier alpha value is -3.62. The maximum Gasteiger partial charge on any atom is 0.161 e. The molecule has 89 heavy (non-hydrogen) atoms. The van der Waals surface area contributed by atoms with Gasteiger partial charge in [-0.3, -0.25) is 0 Å². The number of unbranched alkanes of at least 4 members (excludes halogenated alkanes) is 36. The van der Waals surface area contributed by atoms with E-state index >= 15 is 0 Å². The van der Waals surface area contributed by atoms with Gasteiger partial charge in [0, 0.05) is 32.0 Å². The van der Waals surface area contributed by atoms with E-state index in [1.165, 1.54) is 230 Å². The predicted octanol–water partition coefficient (Wildman–Crippen LogP) is 27.1. The first-order chi connectivity index (χ1) is 43.9. The smallest absolute Gasteiger partial charge is 0.161 e. The molecule has 0 saturated carbocycles. The van der Waals surface area contributed by atoms with Gasteiger partial charge in [-0.25, -0.2) is 9.97 Å². The molecule has 0 N–H and O–H groups in total. The summed E-state index contributed by atoms with van der Waals surface area (Å²) in [5, 5.41) is 0. The largest absolute Gasteiger partial charge is 0.490 e. The average Bonchev–Trinajstić information content (AvgIpc) is 1.74. The van der Waals surface area contributed by atoms with E-state index in [-0.39, 0.29) is 0 Å². The first-order valence-electron chi connectivity index (χ1n) is 35.7. The zero-order chi connectivity index (χ0) is 62.4. The van der Waals surface area contributed by atoms with Crippen molar-refractivity contribution in [3.8, 4) is 66.4 Å². The number of nitrogens with zero attached hydrogens (tertiary/aromatic N) is 4. The fourth-order valence-electron chi connectivity index (χ4n) is 12.2. The molecule has 8 nitrogen and oxygen atoms in total. The molecule has 0 atom stereocenters. The minimum Gasteiger partial charge on any atom is -0.490 e. The van der Waals surface area contributed by atoms with Crippen LogP contribution in [-0.4, -0.2) is 45.1 Å². The second kappa shape index (κ2) is 44.1. The summed E-state index contributed by atoms with van der Waals surface area (Å²) in [4.78, 5) is 13.9. The van der Waals surface area contributed by atoms with Gasteiger partial charge in [-0.05, 0) is 118 Å². The molecule has 7 aromatic rings. The number of ether oxygens (including phenoxy) is 4. The van der Waals surface area contributed by atoms with Crippen molar-refractivity contribution < 1.29 is 18.9 Å². The van der Waals surface area contributed by atoms with Crippen LogP contribution in [0.1, 0.15) is 285 Å². The Balaban J connectivity index is 1.24. The molecule has 3 aromatic carbocycles. The Bertz CT molecular complexity index is 2830. The standard InChI is InChI=1S/C76H110Br2N4O4S3/c1-5-9-13-17-21-25-29-33-37-41-53-83-61-47-45-59(57-63(61)85-55-43-39-35-31-27-23-19-15-11-7-3)71-72(80-74-70(66-50-52-68(78)88-66)76-75(81-89-82-76)69(73(74)79-71)65-49-51-67(77)87-65)60-46-48-62(84-54-42-38-34-30-26-22-18-14-10-6-2)64(58-60)86-56-44-40-36-32-28-24-20-16-12-8-4/h45-52,57-58H,5-44,53-56H2,1-4H3. The van der Waals surface area contributed by atoms with E-state index in [4.69, 9.17) is 37.7 Å². The molecule has 7 rings (SSSR count). The molecule has 0 bridgehead atoms. The summed E-state index contributed by atoms with van der Waals surface area (Å²) >= 11 is 12.2. The van der Waals surface area contributed by atoms with E-state index in [9.17, 15) is 0 Å². The van der Waals surface area contributed by atoms with Crippen molar-refractivity contribution in [3.63, 3.8) is 0 Å². The number of hydrogen-bond donors (Lipinski definition) is 0. The maximum absolute atomic E-state index is 6.88. The number of benzene rings is 3. The number of rotatable bonds is 52. The van der Waals surface area contributed by atoms with Crippen LogP contribution in [0.25, 0.3) is 65.5 Å². The van der Waals surface area contributed by atoms with Gasteiger partial charge in [0.25, 0.3) is 0 Å². The highest BCUT2D eigenvalue weighted by atomic mass is 79.9. The van der Waals surface area contributed by atoms with Crippen LogP contribution in [-0.2, 0) is 0 Å². The van der Waals surface area contributed by atoms with Gasteiger partial charge in [0.05, 0.1) is 57.1 Å². The summed E-state index contributed by atoms with van der Waals surface area (Å²) in [7, 11) is 0. The molecule has 4 heterocycles. The minimum absolute atomic E-state index is 0.622. The normalized spacial score (nSPS) is 11.7.